The Labute approximate surface area is 116 Å². The molecule has 0 unspecified atom stereocenters. The van der Waals surface area contributed by atoms with Crippen LogP contribution >= 0.6 is 11.3 Å². The maximum Gasteiger partial charge on any atom is 0.206 e. The predicted octanol–water partition coefficient (Wildman–Crippen LogP) is 3.08. The molecule has 0 saturated heterocycles. The van der Waals surface area contributed by atoms with E-state index < -0.39 is 11.6 Å². The zero-order valence-corrected chi connectivity index (χ0v) is 10.8. The number of anilines is 1. The van der Waals surface area contributed by atoms with Crippen LogP contribution in [0.4, 0.5) is 13.9 Å². The Balaban J connectivity index is 1.69. The highest BCUT2D eigenvalue weighted by molar-refractivity contribution is 7.18. The molecule has 1 aromatic carbocycles. The summed E-state index contributed by atoms with van der Waals surface area (Å²) < 4.78 is 30.8. The predicted molar refractivity (Wildman–Crippen MR) is 69.1 cm³/mol. The first-order valence-electron chi connectivity index (χ1n) is 5.64. The highest BCUT2D eigenvalue weighted by atomic mass is 32.1. The van der Waals surface area contributed by atoms with E-state index in [1.807, 2.05) is 0 Å². The molecule has 102 valence electrons. The van der Waals surface area contributed by atoms with Gasteiger partial charge < -0.3 is 9.84 Å². The van der Waals surface area contributed by atoms with E-state index in [-0.39, 0.29) is 6.54 Å². The molecular formula is C12H8F2N4OS. The van der Waals surface area contributed by atoms with Crippen LogP contribution < -0.4 is 5.32 Å². The third-order valence-electron chi connectivity index (χ3n) is 2.45. The molecule has 0 saturated carbocycles. The largest absolute Gasteiger partial charge is 0.364 e. The lowest BCUT2D eigenvalue weighted by atomic mass is 10.2. The van der Waals surface area contributed by atoms with E-state index in [4.69, 9.17) is 4.52 Å². The molecule has 0 atom stereocenters. The summed E-state index contributed by atoms with van der Waals surface area (Å²) in [7, 11) is 0. The minimum atomic E-state index is -0.609. The molecule has 0 aliphatic rings. The zero-order valence-electron chi connectivity index (χ0n) is 10.0. The Kier molecular flexibility index (Phi) is 3.38. The molecule has 0 aliphatic carbocycles. The smallest absolute Gasteiger partial charge is 0.206 e. The van der Waals surface area contributed by atoms with Crippen LogP contribution in [0.1, 0.15) is 5.56 Å². The fourth-order valence-electron chi connectivity index (χ4n) is 1.61. The number of halogens is 2. The zero-order chi connectivity index (χ0) is 13.9. The first-order valence-corrected chi connectivity index (χ1v) is 6.45. The van der Waals surface area contributed by atoms with E-state index in [2.05, 4.69) is 20.7 Å². The summed E-state index contributed by atoms with van der Waals surface area (Å²) >= 11 is 1.27. The van der Waals surface area contributed by atoms with Gasteiger partial charge in [0.15, 0.2) is 5.01 Å². The van der Waals surface area contributed by atoms with Crippen molar-refractivity contribution < 1.29 is 13.3 Å². The molecule has 0 radical (unpaired) electrons. The topological polar surface area (TPSA) is 63.8 Å². The summed E-state index contributed by atoms with van der Waals surface area (Å²) in [6, 6.07) is 5.02. The average Bonchev–Trinajstić information content (AvgIpc) is 3.06. The first-order chi connectivity index (χ1) is 9.70. The first kappa shape index (κ1) is 12.7. The minimum absolute atomic E-state index is 0.252. The molecule has 0 fully saturated rings. The third-order valence-corrected chi connectivity index (χ3v) is 3.35. The second-order valence-corrected chi connectivity index (χ2v) is 4.91. The van der Waals surface area contributed by atoms with Gasteiger partial charge in [-0.1, -0.05) is 16.5 Å². The van der Waals surface area contributed by atoms with Crippen molar-refractivity contribution in [3.8, 4) is 10.7 Å². The Morgan fingerprint density at radius 3 is 2.65 bits per heavy atom. The van der Waals surface area contributed by atoms with E-state index in [1.165, 1.54) is 29.7 Å². The van der Waals surface area contributed by atoms with Crippen LogP contribution in [0.5, 0.6) is 0 Å². The van der Waals surface area contributed by atoms with Crippen molar-refractivity contribution in [2.45, 2.75) is 6.54 Å². The van der Waals surface area contributed by atoms with Crippen molar-refractivity contribution >= 4 is 16.5 Å². The molecule has 3 aromatic rings. The van der Waals surface area contributed by atoms with E-state index in [9.17, 15) is 8.78 Å². The van der Waals surface area contributed by atoms with Gasteiger partial charge in [-0.3, -0.25) is 0 Å². The molecule has 0 spiro atoms. The number of nitrogens with one attached hydrogen (secondary N) is 1. The van der Waals surface area contributed by atoms with Crippen molar-refractivity contribution in [3.05, 3.63) is 47.7 Å². The van der Waals surface area contributed by atoms with Crippen molar-refractivity contribution in [1.82, 2.24) is 15.4 Å². The Morgan fingerprint density at radius 2 is 1.95 bits per heavy atom. The fourth-order valence-corrected chi connectivity index (χ4v) is 2.31. The fraction of sp³-hybridized carbons (Fsp3) is 0.0833. The van der Waals surface area contributed by atoms with E-state index >= 15 is 0 Å². The number of rotatable bonds is 4. The van der Waals surface area contributed by atoms with Gasteiger partial charge in [-0.15, -0.1) is 10.2 Å². The molecule has 2 aromatic heterocycles. The molecule has 5 nitrogen and oxygen atoms in total. The quantitative estimate of drug-likeness (QED) is 0.801. The van der Waals surface area contributed by atoms with Gasteiger partial charge in [0.05, 0.1) is 0 Å². The highest BCUT2D eigenvalue weighted by Crippen LogP contribution is 2.25. The number of aromatic nitrogens is 3. The van der Waals surface area contributed by atoms with Crippen molar-refractivity contribution in [2.24, 2.45) is 0 Å². The summed E-state index contributed by atoms with van der Waals surface area (Å²) in [6.07, 6.45) is 1.44. The van der Waals surface area contributed by atoms with Crippen LogP contribution in [0.2, 0.25) is 0 Å². The average molecular weight is 294 g/mol. The molecule has 1 N–H and O–H groups in total. The summed E-state index contributed by atoms with van der Waals surface area (Å²) in [5, 5.41) is 15.7. The van der Waals surface area contributed by atoms with Crippen LogP contribution in [0.25, 0.3) is 10.7 Å². The van der Waals surface area contributed by atoms with Crippen LogP contribution in [0.3, 0.4) is 0 Å². The van der Waals surface area contributed by atoms with Crippen LogP contribution in [0, 0.1) is 11.6 Å². The van der Waals surface area contributed by atoms with Gasteiger partial charge in [0.2, 0.25) is 5.13 Å². The number of nitrogens with zero attached hydrogens (tertiary/aromatic N) is 3. The normalized spacial score (nSPS) is 10.7. The lowest BCUT2D eigenvalue weighted by Gasteiger charge is -2.02. The van der Waals surface area contributed by atoms with Gasteiger partial charge in [-0.2, -0.15) is 0 Å². The summed E-state index contributed by atoms with van der Waals surface area (Å²) in [4.78, 5) is 0. The molecule has 0 bridgehead atoms. The highest BCUT2D eigenvalue weighted by Gasteiger charge is 2.09. The monoisotopic (exact) mass is 294 g/mol. The Morgan fingerprint density at radius 1 is 1.15 bits per heavy atom. The lowest BCUT2D eigenvalue weighted by Crippen LogP contribution is -2.00. The van der Waals surface area contributed by atoms with Gasteiger partial charge >= 0.3 is 0 Å². The van der Waals surface area contributed by atoms with E-state index in [1.54, 1.807) is 6.07 Å². The van der Waals surface area contributed by atoms with Crippen molar-refractivity contribution in [2.75, 3.05) is 5.32 Å². The van der Waals surface area contributed by atoms with Gasteiger partial charge in [-0.05, 0) is 17.7 Å². The Hall–Kier alpha value is -2.35. The SMILES string of the molecule is Fc1cc(F)cc(CNc2nnc(-c3ccon3)s2)c1. The van der Waals surface area contributed by atoms with Crippen molar-refractivity contribution in [3.63, 3.8) is 0 Å². The van der Waals surface area contributed by atoms with Crippen LogP contribution in [0.15, 0.2) is 35.1 Å². The Bertz CT molecular complexity index is 694. The molecule has 8 heteroatoms. The van der Waals surface area contributed by atoms with E-state index in [0.29, 0.717) is 21.4 Å². The third kappa shape index (κ3) is 2.80. The summed E-state index contributed by atoms with van der Waals surface area (Å²) in [6.45, 7) is 0.252. The van der Waals surface area contributed by atoms with Gasteiger partial charge in [0.25, 0.3) is 0 Å². The van der Waals surface area contributed by atoms with Crippen LogP contribution in [-0.2, 0) is 6.54 Å². The second kappa shape index (κ2) is 5.33. The molecule has 20 heavy (non-hydrogen) atoms. The van der Waals surface area contributed by atoms with Crippen LogP contribution in [-0.4, -0.2) is 15.4 Å². The van der Waals surface area contributed by atoms with E-state index in [0.717, 1.165) is 6.07 Å². The number of benzene rings is 1. The second-order valence-electron chi connectivity index (χ2n) is 3.93. The molecule has 0 aliphatic heterocycles. The number of hydrogen-bond donors (Lipinski definition) is 1. The van der Waals surface area contributed by atoms with Crippen molar-refractivity contribution in [1.29, 1.82) is 0 Å². The summed E-state index contributed by atoms with van der Waals surface area (Å²) in [5.41, 5.74) is 1.08. The minimum Gasteiger partial charge on any atom is -0.364 e. The van der Waals surface area contributed by atoms with Gasteiger partial charge in [0.1, 0.15) is 23.6 Å². The van der Waals surface area contributed by atoms with Gasteiger partial charge in [-0.25, -0.2) is 8.78 Å². The molecular weight excluding hydrogens is 286 g/mol. The van der Waals surface area contributed by atoms with Gasteiger partial charge in [0, 0.05) is 18.7 Å². The molecule has 3 rings (SSSR count). The maximum atomic E-state index is 13.0. The standard InChI is InChI=1S/C12H8F2N4OS/c13-8-3-7(4-9(14)5-8)6-15-12-17-16-11(20-12)10-1-2-19-18-10/h1-5H,6H2,(H,15,17). The lowest BCUT2D eigenvalue weighted by molar-refractivity contribution is 0.422. The number of hydrogen-bond acceptors (Lipinski definition) is 6. The molecule has 2 heterocycles. The molecule has 0 amide bonds. The summed E-state index contributed by atoms with van der Waals surface area (Å²) in [5.74, 6) is -1.22. The maximum absolute atomic E-state index is 13.0.